The lowest BCUT2D eigenvalue weighted by molar-refractivity contribution is -0.264. The van der Waals surface area contributed by atoms with Crippen molar-refractivity contribution in [3.05, 3.63) is 35.1 Å². The summed E-state index contributed by atoms with van der Waals surface area (Å²) in [5, 5.41) is 8.28. The largest absolute Gasteiger partial charge is 0.334 e. The second-order valence-corrected chi connectivity index (χ2v) is 8.93. The zero-order valence-corrected chi connectivity index (χ0v) is 12.5. The lowest BCUT2D eigenvalue weighted by Crippen LogP contribution is -2.30. The van der Waals surface area contributed by atoms with Crippen LogP contribution in [0.5, 0.6) is 0 Å². The van der Waals surface area contributed by atoms with Crippen molar-refractivity contribution in [3.8, 4) is 0 Å². The van der Waals surface area contributed by atoms with Gasteiger partial charge in [-0.3, -0.25) is 5.26 Å². The average Bonchev–Trinajstić information content (AvgIpc) is 2.33. The van der Waals surface area contributed by atoms with Gasteiger partial charge < -0.3 is 4.89 Å². The predicted molar refractivity (Wildman–Crippen MR) is 73.3 cm³/mol. The molecule has 4 nitrogen and oxygen atoms in total. The van der Waals surface area contributed by atoms with Gasteiger partial charge in [0.1, 0.15) is 8.07 Å². The van der Waals surface area contributed by atoms with Gasteiger partial charge >= 0.3 is 0 Å². The molecule has 0 aliphatic rings. The van der Waals surface area contributed by atoms with Gasteiger partial charge in [-0.25, -0.2) is 4.89 Å². The van der Waals surface area contributed by atoms with E-state index in [0.29, 0.717) is 18.4 Å². The molecule has 0 aromatic carbocycles. The van der Waals surface area contributed by atoms with Crippen LogP contribution in [0.4, 0.5) is 0 Å². The van der Waals surface area contributed by atoms with Crippen molar-refractivity contribution < 1.29 is 19.9 Å². The van der Waals surface area contributed by atoms with E-state index in [4.69, 9.17) is 15.0 Å². The van der Waals surface area contributed by atoms with Crippen LogP contribution in [0.25, 0.3) is 0 Å². The summed E-state index contributed by atoms with van der Waals surface area (Å²) < 4.78 is 0. The fourth-order valence-corrected chi connectivity index (χ4v) is 2.10. The summed E-state index contributed by atoms with van der Waals surface area (Å²) in [5.74, 6) is 0.506. The van der Waals surface area contributed by atoms with Gasteiger partial charge in [0.15, 0.2) is 5.76 Å². The van der Waals surface area contributed by atoms with Gasteiger partial charge in [-0.15, -0.1) is 5.73 Å². The molecule has 0 aromatic rings. The van der Waals surface area contributed by atoms with Crippen LogP contribution in [0, 0.1) is 0 Å². The molecule has 0 aliphatic heterocycles. The Bertz CT molecular complexity index is 348. The second kappa shape index (κ2) is 9.92. The lowest BCUT2D eigenvalue weighted by atomic mass is 10.4. The zero-order valence-electron chi connectivity index (χ0n) is 11.5. The zero-order chi connectivity index (χ0) is 13.9. The average molecular weight is 270 g/mol. The van der Waals surface area contributed by atoms with Crippen molar-refractivity contribution in [2.24, 2.45) is 0 Å². The van der Waals surface area contributed by atoms with E-state index in [0.717, 1.165) is 0 Å². The Morgan fingerprint density at radius 3 is 2.56 bits per heavy atom. The molecule has 0 heterocycles. The molecule has 0 rings (SSSR count). The highest BCUT2D eigenvalue weighted by molar-refractivity contribution is 6.82. The van der Waals surface area contributed by atoms with E-state index >= 15 is 0 Å². The van der Waals surface area contributed by atoms with Crippen molar-refractivity contribution in [2.75, 3.05) is 12.8 Å². The molecule has 0 saturated heterocycles. The van der Waals surface area contributed by atoms with Crippen LogP contribution in [-0.4, -0.2) is 26.2 Å². The second-order valence-electron chi connectivity index (χ2n) is 4.37. The van der Waals surface area contributed by atoms with Crippen molar-refractivity contribution in [2.45, 2.75) is 33.4 Å². The summed E-state index contributed by atoms with van der Waals surface area (Å²) in [6.07, 6.45) is 4.54. The smallest absolute Gasteiger partial charge is 0.186 e. The lowest BCUT2D eigenvalue weighted by Gasteiger charge is -2.15. The molecular weight excluding hydrogens is 248 g/mol. The van der Waals surface area contributed by atoms with Gasteiger partial charge in [-0.1, -0.05) is 24.5 Å². The van der Waals surface area contributed by atoms with Gasteiger partial charge in [0.05, 0.1) is 12.8 Å². The Hall–Kier alpha value is -1.06. The van der Waals surface area contributed by atoms with Crippen molar-refractivity contribution >= 4 is 8.07 Å². The van der Waals surface area contributed by atoms with Crippen LogP contribution in [0.2, 0.25) is 13.1 Å². The summed E-state index contributed by atoms with van der Waals surface area (Å²) in [6, 6.07) is 0. The van der Waals surface area contributed by atoms with E-state index in [1.807, 2.05) is 19.9 Å². The Balaban J connectivity index is 4.22. The molecule has 0 saturated carbocycles. The van der Waals surface area contributed by atoms with Crippen molar-refractivity contribution in [3.63, 3.8) is 0 Å². The Labute approximate surface area is 110 Å². The summed E-state index contributed by atoms with van der Waals surface area (Å²) in [6.45, 7) is 8.22. The van der Waals surface area contributed by atoms with Gasteiger partial charge in [0.2, 0.25) is 0 Å². The molecule has 0 fully saturated rings. The van der Waals surface area contributed by atoms with E-state index in [1.54, 1.807) is 6.08 Å². The molecule has 0 atom stereocenters. The maximum absolute atomic E-state index is 8.28. The van der Waals surface area contributed by atoms with Crippen LogP contribution in [0.15, 0.2) is 35.1 Å². The van der Waals surface area contributed by atoms with Gasteiger partial charge in [-0.2, -0.15) is 4.89 Å². The monoisotopic (exact) mass is 270 g/mol. The Morgan fingerprint density at radius 1 is 1.28 bits per heavy atom. The van der Waals surface area contributed by atoms with E-state index in [2.05, 4.69) is 35.1 Å². The SMILES string of the molecule is CC=C=C[Si](C)(C)COOC(=C=CC)CCOO. The van der Waals surface area contributed by atoms with Crippen LogP contribution in [0.1, 0.15) is 20.3 Å². The molecule has 0 spiro atoms. The molecule has 18 heavy (non-hydrogen) atoms. The van der Waals surface area contributed by atoms with Gasteiger partial charge in [0, 0.05) is 6.42 Å². The third-order valence-electron chi connectivity index (χ3n) is 1.96. The summed E-state index contributed by atoms with van der Waals surface area (Å²) in [7, 11) is -1.59. The first-order valence-corrected chi connectivity index (χ1v) is 9.18. The summed E-state index contributed by atoms with van der Waals surface area (Å²) >= 11 is 0. The first kappa shape index (κ1) is 16.9. The number of hydrogen-bond donors (Lipinski definition) is 1. The predicted octanol–water partition coefficient (Wildman–Crippen LogP) is 3.39. The summed E-state index contributed by atoms with van der Waals surface area (Å²) in [5.41, 5.74) is 8.03. The highest BCUT2D eigenvalue weighted by Gasteiger charge is 2.18. The Morgan fingerprint density at radius 2 is 2.00 bits per heavy atom. The molecular formula is C13H22O4Si. The van der Waals surface area contributed by atoms with Crippen molar-refractivity contribution in [1.29, 1.82) is 0 Å². The van der Waals surface area contributed by atoms with Gasteiger partial charge in [0.25, 0.3) is 0 Å². The normalized spacial score (nSPS) is 10.1. The maximum Gasteiger partial charge on any atom is 0.186 e. The fraction of sp³-hybridized carbons (Fsp3) is 0.538. The minimum absolute atomic E-state index is 0.152. The maximum atomic E-state index is 8.28. The Kier molecular flexibility index (Phi) is 9.33. The van der Waals surface area contributed by atoms with E-state index in [-0.39, 0.29) is 6.61 Å². The molecule has 1 N–H and O–H groups in total. The standard InChI is InChI=1S/C13H22O4Si/c1-5-7-11-18(3,4)12-16-17-13(8-6-2)9-10-15-14/h5-6,11,14H,9-10,12H2,1-4H3. The van der Waals surface area contributed by atoms with Crippen LogP contribution >= 0.6 is 0 Å². The minimum atomic E-state index is -1.59. The third kappa shape index (κ3) is 9.02. The molecule has 0 unspecified atom stereocenters. The van der Waals surface area contributed by atoms with Crippen LogP contribution in [-0.2, 0) is 14.7 Å². The molecule has 5 heteroatoms. The third-order valence-corrected chi connectivity index (χ3v) is 3.77. The fourth-order valence-electron chi connectivity index (χ4n) is 1.04. The van der Waals surface area contributed by atoms with Gasteiger partial charge in [-0.05, 0) is 26.0 Å². The molecule has 0 radical (unpaired) electrons. The highest BCUT2D eigenvalue weighted by atomic mass is 28.3. The first-order valence-electron chi connectivity index (χ1n) is 5.90. The van der Waals surface area contributed by atoms with E-state index < -0.39 is 8.07 Å². The number of hydrogen-bond acceptors (Lipinski definition) is 4. The van der Waals surface area contributed by atoms with Crippen LogP contribution < -0.4 is 0 Å². The van der Waals surface area contributed by atoms with Crippen molar-refractivity contribution in [1.82, 2.24) is 0 Å². The first-order chi connectivity index (χ1) is 8.55. The van der Waals surface area contributed by atoms with E-state index in [9.17, 15) is 0 Å². The molecule has 0 amide bonds. The van der Waals surface area contributed by atoms with E-state index in [1.165, 1.54) is 0 Å². The number of rotatable bonds is 8. The number of allylic oxidation sites excluding steroid dienone is 1. The molecule has 0 aromatic heterocycles. The topological polar surface area (TPSA) is 47.9 Å². The van der Waals surface area contributed by atoms with Crippen LogP contribution in [0.3, 0.4) is 0 Å². The quantitative estimate of drug-likeness (QED) is 0.241. The summed E-state index contributed by atoms with van der Waals surface area (Å²) in [4.78, 5) is 14.4. The molecule has 102 valence electrons. The molecule has 0 aliphatic carbocycles. The molecule has 0 bridgehead atoms. The highest BCUT2D eigenvalue weighted by Crippen LogP contribution is 2.08. The minimum Gasteiger partial charge on any atom is -0.334 e.